The lowest BCUT2D eigenvalue weighted by Gasteiger charge is -2.13. The Morgan fingerprint density at radius 1 is 1.03 bits per heavy atom. The number of nitriles is 1. The van der Waals surface area contributed by atoms with Gasteiger partial charge in [-0.3, -0.25) is 4.79 Å². The first-order valence-corrected chi connectivity index (χ1v) is 10.1. The number of hydrogen-bond acceptors (Lipinski definition) is 6. The normalized spacial score (nSPS) is 10.7. The molecule has 0 saturated heterocycles. The molecule has 0 aromatic heterocycles. The summed E-state index contributed by atoms with van der Waals surface area (Å²) in [6.07, 6.45) is 1.38. The van der Waals surface area contributed by atoms with Gasteiger partial charge in [-0.2, -0.15) is 5.26 Å². The number of nitrogens with zero attached hydrogens (tertiary/aromatic N) is 1. The van der Waals surface area contributed by atoms with Crippen LogP contribution in [0.3, 0.4) is 0 Å². The zero-order chi connectivity index (χ0) is 22.8. The molecule has 2 rings (SSSR count). The van der Waals surface area contributed by atoms with Crippen molar-refractivity contribution >= 4 is 35.2 Å². The van der Waals surface area contributed by atoms with Gasteiger partial charge in [-0.1, -0.05) is 11.6 Å². The Morgan fingerprint density at radius 3 is 2.19 bits per heavy atom. The van der Waals surface area contributed by atoms with Gasteiger partial charge >= 0.3 is 5.97 Å². The van der Waals surface area contributed by atoms with E-state index in [2.05, 4.69) is 5.32 Å². The Balaban J connectivity index is 2.25. The standard InChI is InChI=1S/C23H23ClN2O5/c1-4-29-20-12-16(19(24)13-21(20)30-5-2)11-17(14-25)22(27)26-18-9-7-15(8-10-18)23(28)31-6-3/h7-13H,4-6H2,1-3H3,(H,26,27)/b17-11+. The summed E-state index contributed by atoms with van der Waals surface area (Å²) in [5, 5.41) is 12.4. The summed E-state index contributed by atoms with van der Waals surface area (Å²) in [5.41, 5.74) is 1.08. The molecular formula is C23H23ClN2O5. The fourth-order valence-corrected chi connectivity index (χ4v) is 2.81. The number of halogens is 1. The SMILES string of the molecule is CCOC(=O)c1ccc(NC(=O)/C(C#N)=C/c2cc(OCC)c(OCC)cc2Cl)cc1. The fraction of sp³-hybridized carbons (Fsp3) is 0.261. The number of carbonyl (C=O) groups excluding carboxylic acids is 2. The molecular weight excluding hydrogens is 420 g/mol. The molecule has 0 aliphatic rings. The van der Waals surface area contributed by atoms with Crippen LogP contribution in [0.25, 0.3) is 6.08 Å². The van der Waals surface area contributed by atoms with Crippen LogP contribution in [0.1, 0.15) is 36.7 Å². The first kappa shape index (κ1) is 23.8. The second-order valence-corrected chi connectivity index (χ2v) is 6.52. The number of esters is 1. The van der Waals surface area contributed by atoms with Crippen LogP contribution in [-0.2, 0) is 9.53 Å². The molecule has 162 valence electrons. The lowest BCUT2D eigenvalue weighted by atomic mass is 10.1. The van der Waals surface area contributed by atoms with E-state index in [1.807, 2.05) is 19.9 Å². The molecule has 7 nitrogen and oxygen atoms in total. The van der Waals surface area contributed by atoms with E-state index in [1.165, 1.54) is 18.2 Å². The predicted molar refractivity (Wildman–Crippen MR) is 118 cm³/mol. The van der Waals surface area contributed by atoms with E-state index in [9.17, 15) is 14.9 Å². The van der Waals surface area contributed by atoms with E-state index in [0.717, 1.165) is 0 Å². The summed E-state index contributed by atoms with van der Waals surface area (Å²) in [4.78, 5) is 24.3. The maximum Gasteiger partial charge on any atom is 0.338 e. The van der Waals surface area contributed by atoms with Gasteiger partial charge < -0.3 is 19.5 Å². The number of nitrogens with one attached hydrogen (secondary N) is 1. The highest BCUT2D eigenvalue weighted by molar-refractivity contribution is 6.32. The van der Waals surface area contributed by atoms with Crippen LogP contribution in [0.5, 0.6) is 11.5 Å². The van der Waals surface area contributed by atoms with Crippen LogP contribution in [0.15, 0.2) is 42.0 Å². The maximum absolute atomic E-state index is 12.6. The van der Waals surface area contributed by atoms with E-state index in [-0.39, 0.29) is 12.2 Å². The highest BCUT2D eigenvalue weighted by atomic mass is 35.5. The molecule has 31 heavy (non-hydrogen) atoms. The molecule has 0 aliphatic heterocycles. The van der Waals surface area contributed by atoms with Gasteiger partial charge in [-0.25, -0.2) is 4.79 Å². The van der Waals surface area contributed by atoms with Gasteiger partial charge in [0, 0.05) is 11.8 Å². The molecule has 0 atom stereocenters. The average Bonchev–Trinajstić information content (AvgIpc) is 2.75. The first-order chi connectivity index (χ1) is 14.9. The Morgan fingerprint density at radius 2 is 1.65 bits per heavy atom. The van der Waals surface area contributed by atoms with Crippen LogP contribution in [0.4, 0.5) is 5.69 Å². The van der Waals surface area contributed by atoms with Crippen molar-refractivity contribution in [2.24, 2.45) is 0 Å². The molecule has 0 fully saturated rings. The minimum atomic E-state index is -0.616. The van der Waals surface area contributed by atoms with E-state index in [4.69, 9.17) is 25.8 Å². The molecule has 0 aliphatic carbocycles. The third kappa shape index (κ3) is 6.49. The Bertz CT molecular complexity index is 1010. The van der Waals surface area contributed by atoms with Crippen molar-refractivity contribution in [1.29, 1.82) is 5.26 Å². The van der Waals surface area contributed by atoms with E-state index < -0.39 is 11.9 Å². The van der Waals surface area contributed by atoms with Gasteiger partial charge in [0.15, 0.2) is 11.5 Å². The number of anilines is 1. The van der Waals surface area contributed by atoms with Gasteiger partial charge in [0.1, 0.15) is 11.6 Å². The van der Waals surface area contributed by atoms with Crippen LogP contribution >= 0.6 is 11.6 Å². The summed E-state index contributed by atoms with van der Waals surface area (Å²) < 4.78 is 16.0. The molecule has 1 amide bonds. The van der Waals surface area contributed by atoms with Crippen molar-refractivity contribution in [3.63, 3.8) is 0 Å². The lowest BCUT2D eigenvalue weighted by molar-refractivity contribution is -0.112. The second kappa shape index (κ2) is 11.6. The molecule has 8 heteroatoms. The minimum absolute atomic E-state index is 0.150. The van der Waals surface area contributed by atoms with Gasteiger partial charge in [-0.15, -0.1) is 0 Å². The summed E-state index contributed by atoms with van der Waals surface area (Å²) in [5.74, 6) is -0.120. The highest BCUT2D eigenvalue weighted by Gasteiger charge is 2.14. The Labute approximate surface area is 186 Å². The van der Waals surface area contributed by atoms with Crippen LogP contribution in [-0.4, -0.2) is 31.7 Å². The molecule has 0 heterocycles. The molecule has 0 unspecified atom stereocenters. The van der Waals surface area contributed by atoms with E-state index >= 15 is 0 Å². The zero-order valence-electron chi connectivity index (χ0n) is 17.5. The number of amides is 1. The number of carbonyl (C=O) groups is 2. The topological polar surface area (TPSA) is 97.7 Å². The molecule has 2 aromatic carbocycles. The fourth-order valence-electron chi connectivity index (χ4n) is 2.60. The Hall–Kier alpha value is -3.50. The van der Waals surface area contributed by atoms with Crippen molar-refractivity contribution in [2.45, 2.75) is 20.8 Å². The minimum Gasteiger partial charge on any atom is -0.490 e. The summed E-state index contributed by atoms with van der Waals surface area (Å²) in [6, 6.07) is 11.2. The lowest BCUT2D eigenvalue weighted by Crippen LogP contribution is -2.13. The van der Waals surface area contributed by atoms with E-state index in [0.29, 0.717) is 46.5 Å². The number of hydrogen-bond donors (Lipinski definition) is 1. The quantitative estimate of drug-likeness (QED) is 0.338. The van der Waals surface area contributed by atoms with Crippen molar-refractivity contribution < 1.29 is 23.8 Å². The van der Waals surface area contributed by atoms with E-state index in [1.54, 1.807) is 31.2 Å². The Kier molecular flexibility index (Phi) is 8.92. The van der Waals surface area contributed by atoms with Crippen LogP contribution in [0.2, 0.25) is 5.02 Å². The van der Waals surface area contributed by atoms with Gasteiger partial charge in [0.05, 0.1) is 30.4 Å². The first-order valence-electron chi connectivity index (χ1n) is 9.72. The maximum atomic E-state index is 12.6. The largest absolute Gasteiger partial charge is 0.490 e. The number of rotatable bonds is 9. The third-order valence-corrected chi connectivity index (χ3v) is 4.31. The monoisotopic (exact) mass is 442 g/mol. The van der Waals surface area contributed by atoms with Crippen molar-refractivity contribution in [3.8, 4) is 17.6 Å². The number of benzene rings is 2. The molecule has 0 saturated carbocycles. The highest BCUT2D eigenvalue weighted by Crippen LogP contribution is 2.34. The summed E-state index contributed by atoms with van der Waals surface area (Å²) in [7, 11) is 0. The number of ether oxygens (including phenoxy) is 3. The summed E-state index contributed by atoms with van der Waals surface area (Å²) >= 11 is 6.31. The van der Waals surface area contributed by atoms with Gasteiger partial charge in [-0.05, 0) is 62.7 Å². The molecule has 0 radical (unpaired) electrons. The molecule has 1 N–H and O–H groups in total. The van der Waals surface area contributed by atoms with Crippen LogP contribution < -0.4 is 14.8 Å². The molecule has 0 bridgehead atoms. The second-order valence-electron chi connectivity index (χ2n) is 6.11. The average molecular weight is 443 g/mol. The molecule has 0 spiro atoms. The van der Waals surface area contributed by atoms with Crippen molar-refractivity contribution in [1.82, 2.24) is 0 Å². The summed E-state index contributed by atoms with van der Waals surface area (Å²) in [6.45, 7) is 6.52. The zero-order valence-corrected chi connectivity index (χ0v) is 18.3. The van der Waals surface area contributed by atoms with Gasteiger partial charge in [0.2, 0.25) is 0 Å². The smallest absolute Gasteiger partial charge is 0.338 e. The van der Waals surface area contributed by atoms with Crippen LogP contribution in [0, 0.1) is 11.3 Å². The predicted octanol–water partition coefficient (Wildman–Crippen LogP) is 4.86. The van der Waals surface area contributed by atoms with Crippen molar-refractivity contribution in [3.05, 3.63) is 58.1 Å². The van der Waals surface area contributed by atoms with Crippen molar-refractivity contribution in [2.75, 3.05) is 25.1 Å². The van der Waals surface area contributed by atoms with Gasteiger partial charge in [0.25, 0.3) is 5.91 Å². The molecule has 2 aromatic rings. The third-order valence-electron chi connectivity index (χ3n) is 3.98.